The smallest absolute Gasteiger partial charge is 0.354 e. The van der Waals surface area contributed by atoms with Crippen molar-refractivity contribution in [3.8, 4) is 0 Å². The molecule has 0 aliphatic carbocycles. The third-order valence-electron chi connectivity index (χ3n) is 2.65. The van der Waals surface area contributed by atoms with Gasteiger partial charge in [0.05, 0.1) is 7.11 Å². The van der Waals surface area contributed by atoms with Crippen molar-refractivity contribution in [2.45, 2.75) is 16.8 Å². The molecule has 8 heteroatoms. The second-order valence-electron chi connectivity index (χ2n) is 4.14. The largest absolute Gasteiger partial charge is 0.464 e. The van der Waals surface area contributed by atoms with E-state index in [2.05, 4.69) is 0 Å². The minimum Gasteiger partial charge on any atom is -0.464 e. The lowest BCUT2D eigenvalue weighted by Gasteiger charge is -2.15. The summed E-state index contributed by atoms with van der Waals surface area (Å²) in [6.07, 6.45) is 3.46. The van der Waals surface area contributed by atoms with E-state index in [0.717, 1.165) is 5.75 Å². The first-order valence-electron chi connectivity index (χ1n) is 5.63. The van der Waals surface area contributed by atoms with Crippen molar-refractivity contribution in [3.05, 3.63) is 23.5 Å². The molecule has 1 aromatic heterocycles. The van der Waals surface area contributed by atoms with E-state index < -0.39 is 15.5 Å². The molecule has 1 aromatic rings. The number of thioether (sulfide) groups is 1. The number of halogens is 3. The second-order valence-corrected chi connectivity index (χ2v) is 7.34. The Morgan fingerprint density at radius 3 is 2.50 bits per heavy atom. The van der Waals surface area contributed by atoms with Gasteiger partial charge in [0.2, 0.25) is 5.78 Å². The Morgan fingerprint density at radius 2 is 2.05 bits per heavy atom. The summed E-state index contributed by atoms with van der Waals surface area (Å²) >= 11 is 18.4. The quantitative estimate of drug-likeness (QED) is 0.457. The molecule has 1 heterocycles. The zero-order valence-corrected chi connectivity index (χ0v) is 14.2. The van der Waals surface area contributed by atoms with Crippen LogP contribution in [0.3, 0.4) is 0 Å². The molecule has 0 radical (unpaired) electrons. The summed E-state index contributed by atoms with van der Waals surface area (Å²) in [6, 6.07) is 1.38. The topological polar surface area (TPSA) is 48.3 Å². The van der Waals surface area contributed by atoms with Crippen LogP contribution in [0.5, 0.6) is 0 Å². The number of methoxy groups -OCH3 is 1. The lowest BCUT2D eigenvalue weighted by atomic mass is 10.2. The van der Waals surface area contributed by atoms with Gasteiger partial charge in [-0.1, -0.05) is 34.8 Å². The van der Waals surface area contributed by atoms with Crippen LogP contribution in [0.25, 0.3) is 0 Å². The summed E-state index contributed by atoms with van der Waals surface area (Å²) in [5.74, 6) is -0.454. The molecule has 0 spiro atoms. The highest BCUT2D eigenvalue weighted by Crippen LogP contribution is 2.32. The van der Waals surface area contributed by atoms with Crippen LogP contribution in [0, 0.1) is 0 Å². The average molecular weight is 359 g/mol. The summed E-state index contributed by atoms with van der Waals surface area (Å²) in [6.45, 7) is 1.92. The van der Waals surface area contributed by atoms with Crippen molar-refractivity contribution in [2.24, 2.45) is 0 Å². The molecular formula is C12H14Cl3NO3S. The molecule has 20 heavy (non-hydrogen) atoms. The summed E-state index contributed by atoms with van der Waals surface area (Å²) in [7, 11) is 1.27. The molecule has 0 N–H and O–H groups in total. The van der Waals surface area contributed by atoms with Gasteiger partial charge in [0.15, 0.2) is 0 Å². The van der Waals surface area contributed by atoms with Gasteiger partial charge in [-0.2, -0.15) is 11.8 Å². The number of aromatic nitrogens is 1. The Morgan fingerprint density at radius 1 is 1.45 bits per heavy atom. The number of alkyl halides is 3. The molecule has 0 saturated carbocycles. The van der Waals surface area contributed by atoms with Crippen molar-refractivity contribution in [1.82, 2.24) is 4.57 Å². The number of carbonyl (C=O) groups is 2. The number of hydrogen-bond acceptors (Lipinski definition) is 4. The maximum absolute atomic E-state index is 12.0. The summed E-state index contributed by atoms with van der Waals surface area (Å²) < 4.78 is 4.31. The normalized spacial score (nSPS) is 13.1. The Kier molecular flexibility index (Phi) is 6.25. The van der Waals surface area contributed by atoms with Crippen LogP contribution in [0.2, 0.25) is 0 Å². The van der Waals surface area contributed by atoms with E-state index >= 15 is 0 Å². The maximum Gasteiger partial charge on any atom is 0.354 e. The molecule has 0 aliphatic rings. The minimum absolute atomic E-state index is 0.00368. The number of esters is 1. The van der Waals surface area contributed by atoms with Gasteiger partial charge in [0.25, 0.3) is 3.79 Å². The Labute approximate surface area is 136 Å². The number of hydrogen-bond donors (Lipinski definition) is 0. The highest BCUT2D eigenvalue weighted by atomic mass is 35.6. The molecule has 0 bridgehead atoms. The summed E-state index contributed by atoms with van der Waals surface area (Å²) in [5.41, 5.74) is 0.421. The summed E-state index contributed by atoms with van der Waals surface area (Å²) in [5, 5.41) is 0. The first-order chi connectivity index (χ1) is 9.22. The highest BCUT2D eigenvalue weighted by molar-refractivity contribution is 7.98. The van der Waals surface area contributed by atoms with Crippen LogP contribution in [0.4, 0.5) is 0 Å². The number of nitrogens with zero attached hydrogens (tertiary/aromatic N) is 1. The van der Waals surface area contributed by atoms with Gasteiger partial charge in [-0.25, -0.2) is 4.79 Å². The predicted octanol–water partition coefficient (Wildman–Crippen LogP) is 3.75. The first kappa shape index (κ1) is 17.7. The van der Waals surface area contributed by atoms with Gasteiger partial charge in [0, 0.05) is 23.6 Å². The lowest BCUT2D eigenvalue weighted by Crippen LogP contribution is -2.18. The third-order valence-corrected chi connectivity index (χ3v) is 3.98. The van der Waals surface area contributed by atoms with Crippen LogP contribution in [0.1, 0.15) is 33.8 Å². The van der Waals surface area contributed by atoms with Gasteiger partial charge < -0.3 is 9.30 Å². The molecule has 4 nitrogen and oxygen atoms in total. The van der Waals surface area contributed by atoms with E-state index in [-0.39, 0.29) is 17.3 Å². The van der Waals surface area contributed by atoms with E-state index in [9.17, 15) is 9.59 Å². The molecule has 1 atom stereocenters. The van der Waals surface area contributed by atoms with Crippen molar-refractivity contribution in [1.29, 1.82) is 0 Å². The Balaban J connectivity index is 3.25. The van der Waals surface area contributed by atoms with Crippen molar-refractivity contribution < 1.29 is 14.3 Å². The molecular weight excluding hydrogens is 345 g/mol. The zero-order valence-electron chi connectivity index (χ0n) is 11.2. The van der Waals surface area contributed by atoms with Gasteiger partial charge >= 0.3 is 5.97 Å². The molecule has 0 aliphatic heterocycles. The number of carbonyl (C=O) groups excluding carboxylic acids is 2. The van der Waals surface area contributed by atoms with E-state index in [1.165, 1.54) is 19.4 Å². The number of ether oxygens (including phenoxy) is 1. The van der Waals surface area contributed by atoms with Crippen LogP contribution in [-0.2, 0) is 4.74 Å². The fourth-order valence-corrected chi connectivity index (χ4v) is 2.69. The van der Waals surface area contributed by atoms with Crippen molar-refractivity contribution in [2.75, 3.05) is 19.1 Å². The van der Waals surface area contributed by atoms with Crippen molar-refractivity contribution >= 4 is 58.3 Å². The van der Waals surface area contributed by atoms with E-state index in [1.54, 1.807) is 16.3 Å². The molecule has 0 saturated heterocycles. The standard InChI is InChI=1S/C12H14Cl3NO3S/c1-7(6-20-3)16-5-8(10(17)12(13,14)15)4-9(16)11(18)19-2/h4-5,7H,6H2,1-3H3. The fourth-order valence-electron chi connectivity index (χ4n) is 1.72. The first-order valence-corrected chi connectivity index (χ1v) is 8.15. The summed E-state index contributed by atoms with van der Waals surface area (Å²) in [4.78, 5) is 23.7. The third kappa shape index (κ3) is 4.07. The molecule has 0 aromatic carbocycles. The van der Waals surface area contributed by atoms with E-state index in [0.29, 0.717) is 0 Å². The van der Waals surface area contributed by atoms with Crippen molar-refractivity contribution in [3.63, 3.8) is 0 Å². The van der Waals surface area contributed by atoms with Gasteiger partial charge in [-0.15, -0.1) is 0 Å². The molecule has 0 fully saturated rings. The van der Waals surface area contributed by atoms with Gasteiger partial charge in [0.1, 0.15) is 5.69 Å². The maximum atomic E-state index is 12.0. The monoisotopic (exact) mass is 357 g/mol. The van der Waals surface area contributed by atoms with Crippen LogP contribution >= 0.6 is 46.6 Å². The molecule has 0 amide bonds. The predicted molar refractivity (Wildman–Crippen MR) is 83.5 cm³/mol. The molecule has 1 rings (SSSR count). The Bertz CT molecular complexity index is 511. The minimum atomic E-state index is -2.05. The number of Topliss-reactive ketones (excluding diaryl/α,β-unsaturated/α-hetero) is 1. The fraction of sp³-hybridized carbons (Fsp3) is 0.500. The second kappa shape index (κ2) is 7.07. The van der Waals surface area contributed by atoms with E-state index in [1.807, 2.05) is 13.2 Å². The molecule has 1 unspecified atom stereocenters. The van der Waals surface area contributed by atoms with Crippen LogP contribution in [0.15, 0.2) is 12.3 Å². The Hall–Kier alpha value is -0.360. The SMILES string of the molecule is COC(=O)c1cc(C(=O)C(Cl)(Cl)Cl)cn1C(C)CSC. The zero-order chi connectivity index (χ0) is 15.5. The van der Waals surface area contributed by atoms with E-state index in [4.69, 9.17) is 39.5 Å². The van der Waals surface area contributed by atoms with Crippen LogP contribution < -0.4 is 0 Å². The number of rotatable bonds is 5. The highest BCUT2D eigenvalue weighted by Gasteiger charge is 2.33. The van der Waals surface area contributed by atoms with Crippen LogP contribution in [-0.4, -0.2) is 39.2 Å². The lowest BCUT2D eigenvalue weighted by molar-refractivity contribution is 0.0587. The molecule has 112 valence electrons. The van der Waals surface area contributed by atoms with Gasteiger partial charge in [-0.3, -0.25) is 4.79 Å². The average Bonchev–Trinajstić information content (AvgIpc) is 2.80. The van der Waals surface area contributed by atoms with Gasteiger partial charge in [-0.05, 0) is 19.2 Å². The number of ketones is 1.